The van der Waals surface area contributed by atoms with E-state index >= 15 is 0 Å². The van der Waals surface area contributed by atoms with Crippen LogP contribution in [0.4, 0.5) is 0 Å². The summed E-state index contributed by atoms with van der Waals surface area (Å²) in [5, 5.41) is 10.9. The van der Waals surface area contributed by atoms with Crippen molar-refractivity contribution in [3.63, 3.8) is 0 Å². The third kappa shape index (κ3) is 4.83. The molecular formula is C41H56O7. The van der Waals surface area contributed by atoms with Gasteiger partial charge in [0, 0.05) is 12.0 Å². The largest absolute Gasteiger partial charge is 0.493 e. The molecule has 5 aliphatic rings. The Morgan fingerprint density at radius 3 is 2.27 bits per heavy atom. The van der Waals surface area contributed by atoms with Crippen molar-refractivity contribution in [2.75, 3.05) is 14.2 Å². The van der Waals surface area contributed by atoms with Gasteiger partial charge in [0.2, 0.25) is 0 Å². The molecule has 5 aliphatic carbocycles. The van der Waals surface area contributed by atoms with Gasteiger partial charge in [-0.25, -0.2) is 4.79 Å². The summed E-state index contributed by atoms with van der Waals surface area (Å²) in [6, 6.07) is 5.33. The minimum Gasteiger partial charge on any atom is -0.493 e. The Balaban J connectivity index is 1.30. The van der Waals surface area contributed by atoms with E-state index in [0.717, 1.165) is 18.4 Å². The molecule has 0 radical (unpaired) electrons. The van der Waals surface area contributed by atoms with E-state index in [1.807, 2.05) is 0 Å². The quantitative estimate of drug-likeness (QED) is 0.241. The monoisotopic (exact) mass is 660 g/mol. The van der Waals surface area contributed by atoms with E-state index in [1.54, 1.807) is 45.4 Å². The van der Waals surface area contributed by atoms with Crippen molar-refractivity contribution in [3.05, 3.63) is 41.5 Å². The lowest BCUT2D eigenvalue weighted by atomic mass is 9.33. The first-order valence-corrected chi connectivity index (χ1v) is 18.1. The predicted molar refractivity (Wildman–Crippen MR) is 185 cm³/mol. The van der Waals surface area contributed by atoms with Crippen molar-refractivity contribution in [3.8, 4) is 11.5 Å². The highest BCUT2D eigenvalue weighted by molar-refractivity contribution is 5.96. The summed E-state index contributed by atoms with van der Waals surface area (Å²) in [6.07, 6.45) is 11.4. The minimum atomic E-state index is -1.33. The van der Waals surface area contributed by atoms with Gasteiger partial charge in [0.25, 0.3) is 0 Å². The van der Waals surface area contributed by atoms with Crippen LogP contribution in [0, 0.1) is 56.7 Å². The Bertz CT molecular complexity index is 1560. The second kappa shape index (κ2) is 11.8. The average molecular weight is 661 g/mol. The van der Waals surface area contributed by atoms with E-state index in [1.165, 1.54) is 30.9 Å². The standard InChI is InChI=1S/C41H56O7/c1-24-14-17-37(3)20-21-39(5)27(34(37)25(24)2)23-28(42)35-38(4)18-16-32(41(7,36(44)45)31(38)15-19-40(35,39)6)48-33(43)13-11-26-10-12-29(46-8)30(22-26)47-9/h10-13,22-25,31-32,34-35H,14-21H2,1-9H3,(H,44,45)/b13-11+/t24-,25+,31?,32-,34?,35?,37-,38+,39-,40-,41-/m1/s1. The number of fused-ring (bicyclic) bond motifs is 7. The number of ether oxygens (including phenoxy) is 3. The van der Waals surface area contributed by atoms with E-state index in [-0.39, 0.29) is 33.9 Å². The number of carboxylic acids is 1. The molecule has 6 rings (SSSR count). The van der Waals surface area contributed by atoms with Crippen LogP contribution in [0.25, 0.3) is 6.08 Å². The maximum absolute atomic E-state index is 14.7. The number of methoxy groups -OCH3 is 2. The molecule has 4 saturated carbocycles. The zero-order valence-electron chi connectivity index (χ0n) is 30.5. The molecule has 1 aromatic carbocycles. The van der Waals surface area contributed by atoms with E-state index in [0.29, 0.717) is 48.5 Å². The molecule has 4 fully saturated rings. The second-order valence-corrected chi connectivity index (χ2v) is 17.3. The number of hydrogen-bond donors (Lipinski definition) is 1. The van der Waals surface area contributed by atoms with Crippen molar-refractivity contribution < 1.29 is 33.7 Å². The summed E-state index contributed by atoms with van der Waals surface area (Å²) in [6.45, 7) is 16.0. The summed E-state index contributed by atoms with van der Waals surface area (Å²) >= 11 is 0. The first kappa shape index (κ1) is 34.8. The average Bonchev–Trinajstić information content (AvgIpc) is 3.04. The molecule has 0 saturated heterocycles. The van der Waals surface area contributed by atoms with Gasteiger partial charge in [-0.2, -0.15) is 0 Å². The van der Waals surface area contributed by atoms with Crippen LogP contribution in [0.2, 0.25) is 0 Å². The normalized spacial score (nSPS) is 43.6. The van der Waals surface area contributed by atoms with E-state index in [4.69, 9.17) is 14.2 Å². The van der Waals surface area contributed by atoms with Crippen LogP contribution < -0.4 is 9.47 Å². The smallest absolute Gasteiger partial charge is 0.331 e. The van der Waals surface area contributed by atoms with Crippen LogP contribution in [0.3, 0.4) is 0 Å². The lowest BCUT2D eigenvalue weighted by Crippen LogP contribution is -2.68. The van der Waals surface area contributed by atoms with Gasteiger partial charge in [0.1, 0.15) is 11.5 Å². The number of esters is 1. The first-order valence-electron chi connectivity index (χ1n) is 18.1. The van der Waals surface area contributed by atoms with Crippen LogP contribution in [-0.2, 0) is 19.1 Å². The SMILES string of the molecule is COc1ccc(/C=C/C(=O)O[C@@H]2CC[C@@]3(C)C(CC[C@]4(C)C3C(=O)C=C3C5[C@@H](C)[C@H](C)CC[C@]5(C)CC[C@]34C)[C@@]2(C)C(=O)O)cc1OC. The molecule has 0 bridgehead atoms. The molecule has 1 N–H and O–H groups in total. The van der Waals surface area contributed by atoms with Crippen molar-refractivity contribution in [2.24, 2.45) is 56.7 Å². The van der Waals surface area contributed by atoms with Crippen LogP contribution in [0.1, 0.15) is 105 Å². The van der Waals surface area contributed by atoms with Crippen molar-refractivity contribution >= 4 is 23.8 Å². The van der Waals surface area contributed by atoms with Gasteiger partial charge in [-0.15, -0.1) is 0 Å². The van der Waals surface area contributed by atoms with E-state index in [9.17, 15) is 19.5 Å². The fourth-order valence-corrected chi connectivity index (χ4v) is 12.1. The summed E-state index contributed by atoms with van der Waals surface area (Å²) in [7, 11) is 3.11. The lowest BCUT2D eigenvalue weighted by Gasteiger charge is -2.70. The van der Waals surface area contributed by atoms with Crippen LogP contribution in [0.5, 0.6) is 11.5 Å². The van der Waals surface area contributed by atoms with Crippen molar-refractivity contribution in [1.29, 1.82) is 0 Å². The highest BCUT2D eigenvalue weighted by Crippen LogP contribution is 2.75. The highest BCUT2D eigenvalue weighted by atomic mass is 16.5. The molecule has 0 spiro atoms. The van der Waals surface area contributed by atoms with Crippen molar-refractivity contribution in [2.45, 2.75) is 106 Å². The molecule has 0 aromatic heterocycles. The second-order valence-electron chi connectivity index (χ2n) is 17.3. The van der Waals surface area contributed by atoms with Gasteiger partial charge < -0.3 is 19.3 Å². The fraction of sp³-hybridized carbons (Fsp3) is 0.683. The Hall–Kier alpha value is -3.09. The van der Waals surface area contributed by atoms with Gasteiger partial charge >= 0.3 is 11.9 Å². The van der Waals surface area contributed by atoms with Gasteiger partial charge in [-0.3, -0.25) is 9.59 Å². The van der Waals surface area contributed by atoms with Gasteiger partial charge in [0.05, 0.1) is 14.2 Å². The van der Waals surface area contributed by atoms with Crippen LogP contribution in [0.15, 0.2) is 35.9 Å². The maximum atomic E-state index is 14.7. The molecule has 7 nitrogen and oxygen atoms in total. The van der Waals surface area contributed by atoms with Crippen LogP contribution >= 0.6 is 0 Å². The summed E-state index contributed by atoms with van der Waals surface area (Å²) in [5.74, 6) is 0.728. The summed E-state index contributed by atoms with van der Waals surface area (Å²) in [4.78, 5) is 41.2. The third-order valence-electron chi connectivity index (χ3n) is 15.3. The Morgan fingerprint density at radius 2 is 1.60 bits per heavy atom. The van der Waals surface area contributed by atoms with E-state index in [2.05, 4.69) is 47.6 Å². The summed E-state index contributed by atoms with van der Waals surface area (Å²) < 4.78 is 16.7. The molecule has 48 heavy (non-hydrogen) atoms. The lowest BCUT2D eigenvalue weighted by molar-refractivity contribution is -0.220. The maximum Gasteiger partial charge on any atom is 0.331 e. The molecule has 1 aromatic rings. The molecule has 262 valence electrons. The van der Waals surface area contributed by atoms with Crippen LogP contribution in [-0.4, -0.2) is 43.2 Å². The topological polar surface area (TPSA) is 99.1 Å². The number of benzene rings is 1. The molecule has 0 amide bonds. The Morgan fingerprint density at radius 1 is 0.896 bits per heavy atom. The van der Waals surface area contributed by atoms with E-state index < -0.39 is 28.9 Å². The van der Waals surface area contributed by atoms with Crippen molar-refractivity contribution in [1.82, 2.24) is 0 Å². The zero-order chi connectivity index (χ0) is 35.0. The molecule has 0 heterocycles. The molecule has 7 heteroatoms. The zero-order valence-corrected chi connectivity index (χ0v) is 30.5. The number of carbonyl (C=O) groups is 3. The number of ketones is 1. The number of rotatable bonds is 6. The number of aliphatic carboxylic acids is 1. The molecular weight excluding hydrogens is 604 g/mol. The highest BCUT2D eigenvalue weighted by Gasteiger charge is 2.72. The number of hydrogen-bond acceptors (Lipinski definition) is 6. The first-order chi connectivity index (χ1) is 22.5. The minimum absolute atomic E-state index is 0.118. The van der Waals surface area contributed by atoms with Gasteiger partial charge in [-0.1, -0.05) is 53.2 Å². The third-order valence-corrected chi connectivity index (χ3v) is 15.3. The molecule has 11 atom stereocenters. The molecule has 3 unspecified atom stereocenters. The number of allylic oxidation sites excluding steroid dienone is 2. The Labute approximate surface area is 286 Å². The van der Waals surface area contributed by atoms with Gasteiger partial charge in [0.15, 0.2) is 17.3 Å². The predicted octanol–water partition coefficient (Wildman–Crippen LogP) is 8.55. The van der Waals surface area contributed by atoms with Gasteiger partial charge in [-0.05, 0) is 133 Å². The summed E-state index contributed by atoms with van der Waals surface area (Å²) in [5.41, 5.74) is 0.0762. The number of carbonyl (C=O) groups excluding carboxylic acids is 2. The molecule has 0 aliphatic heterocycles. The number of carboxylic acid groups (broad SMARTS) is 1. The fourth-order valence-electron chi connectivity index (χ4n) is 12.1. The Kier molecular flexibility index (Phi) is 8.52.